The second kappa shape index (κ2) is 27.6. The summed E-state index contributed by atoms with van der Waals surface area (Å²) in [5, 5.41) is 77.9. The number of aliphatic hydroxyl groups is 2. The number of carboxylic acid groups (broad SMARTS) is 6. The van der Waals surface area contributed by atoms with Crippen molar-refractivity contribution >= 4 is 238 Å². The van der Waals surface area contributed by atoms with Crippen molar-refractivity contribution in [1.29, 1.82) is 0 Å². The first kappa shape index (κ1) is 55.9. The van der Waals surface area contributed by atoms with Gasteiger partial charge in [0, 0.05) is 49.6 Å². The molecule has 0 saturated heterocycles. The molecule has 0 amide bonds. The molecule has 0 atom stereocenters. The molecule has 2 N–H and O–H groups in total. The Kier molecular flexibility index (Phi) is 48.1. The van der Waals surface area contributed by atoms with Crippen LogP contribution in [0.15, 0.2) is 0 Å². The third kappa shape index (κ3) is 28.1. The van der Waals surface area contributed by atoms with Crippen molar-refractivity contribution < 1.29 is 69.6 Å². The van der Waals surface area contributed by atoms with Gasteiger partial charge in [0.05, 0.1) is 11.9 Å². The van der Waals surface area contributed by atoms with Crippen LogP contribution in [0, 0.1) is 0 Å². The number of carbonyl (C=O) groups is 6. The van der Waals surface area contributed by atoms with E-state index in [0.717, 1.165) is 0 Å². The molecule has 0 heterocycles. The predicted molar refractivity (Wildman–Crippen MR) is 97.1 cm³/mol. The van der Waals surface area contributed by atoms with Crippen LogP contribution >= 0.6 is 0 Å². The molecule has 0 radical (unpaired) electrons. The number of hydrogen-bond acceptors (Lipinski definition) is 14. The Balaban J connectivity index is -0.0000000505. The zero-order valence-corrected chi connectivity index (χ0v) is 21.4. The van der Waals surface area contributed by atoms with E-state index >= 15 is 0 Å². The zero-order valence-electron chi connectivity index (χ0n) is 14.7. The van der Waals surface area contributed by atoms with E-state index in [1.165, 1.54) is 0 Å². The Morgan fingerprint density at radius 2 is 0.594 bits per heavy atom. The van der Waals surface area contributed by atoms with Gasteiger partial charge in [0.25, 0.3) is 0 Å². The van der Waals surface area contributed by atoms with E-state index in [2.05, 4.69) is 0 Å². The van der Waals surface area contributed by atoms with Gasteiger partial charge in [-0.15, -0.1) is 0 Å². The Morgan fingerprint density at radius 3 is 0.656 bits per heavy atom. The number of carbonyl (C=O) groups excluding carboxylic acids is 6. The van der Waals surface area contributed by atoms with Crippen LogP contribution in [0.5, 0.6) is 0 Å². The summed E-state index contributed by atoms with van der Waals surface area (Å²) < 4.78 is 0. The Bertz CT molecular complexity index is 535. The molecular weight excluding hydrogens is 557 g/mol. The molecule has 0 aliphatic carbocycles. The van der Waals surface area contributed by atoms with Gasteiger partial charge in [-0.25, -0.2) is 0 Å². The minimum atomic E-state index is -2.97. The maximum absolute atomic E-state index is 10.1. The van der Waals surface area contributed by atoms with Gasteiger partial charge in [0.15, 0.2) is 0 Å². The summed E-state index contributed by atoms with van der Waals surface area (Å²) in [7, 11) is 0. The van der Waals surface area contributed by atoms with Crippen molar-refractivity contribution in [3.05, 3.63) is 0 Å². The molecule has 0 rings (SSSR count). The van der Waals surface area contributed by atoms with E-state index in [-0.39, 0.29) is 202 Å². The van der Waals surface area contributed by atoms with Crippen LogP contribution in [0.1, 0.15) is 25.7 Å². The molecule has 0 bridgehead atoms. The quantitative estimate of drug-likeness (QED) is 0.231. The van der Waals surface area contributed by atoms with Crippen LogP contribution in [-0.2, 0) is 28.8 Å². The molecule has 154 valence electrons. The number of aliphatic carboxylic acids is 6. The van der Waals surface area contributed by atoms with Crippen LogP contribution in [0.25, 0.3) is 0 Å². The maximum atomic E-state index is 10.1. The van der Waals surface area contributed by atoms with Crippen LogP contribution in [-0.4, -0.2) is 259 Å². The van der Waals surface area contributed by atoms with Gasteiger partial charge in [0.2, 0.25) is 0 Å². The second-order valence-electron chi connectivity index (χ2n) is 4.83. The topological polar surface area (TPSA) is 281 Å². The molecule has 20 heteroatoms. The van der Waals surface area contributed by atoms with Crippen molar-refractivity contribution in [1.82, 2.24) is 0 Å². The number of carboxylic acids is 6. The molecule has 0 aromatic rings. The first-order valence-electron chi connectivity index (χ1n) is 6.23. The minimum absolute atomic E-state index is 0. The van der Waals surface area contributed by atoms with Gasteiger partial charge in [0.1, 0.15) is 11.2 Å². The van der Waals surface area contributed by atoms with Crippen LogP contribution in [0.4, 0.5) is 0 Å². The molecule has 0 spiro atoms. The van der Waals surface area contributed by atoms with Crippen molar-refractivity contribution in [2.24, 2.45) is 0 Å². The second-order valence-corrected chi connectivity index (χ2v) is 4.83. The van der Waals surface area contributed by atoms with Crippen molar-refractivity contribution in [3.63, 3.8) is 0 Å². The Hall–Kier alpha value is 3.52. The van der Waals surface area contributed by atoms with E-state index in [1.807, 2.05) is 0 Å². The predicted octanol–water partition coefficient (Wildman–Crippen LogP) is -13.6. The van der Waals surface area contributed by atoms with Crippen molar-refractivity contribution in [2.75, 3.05) is 0 Å². The average Bonchev–Trinajstić information content (AvgIpc) is 2.34. The molecule has 0 aliphatic heterocycles. The van der Waals surface area contributed by atoms with Crippen LogP contribution in [0.3, 0.4) is 0 Å². The summed E-state index contributed by atoms with van der Waals surface area (Å²) in [6, 6.07) is 0. The first-order valence-corrected chi connectivity index (χ1v) is 6.23. The molecular formula is C12H13Ca3Na3O14. The molecule has 0 aromatic carbocycles. The summed E-state index contributed by atoms with van der Waals surface area (Å²) in [6.07, 6.45) is -5.43. The van der Waals surface area contributed by atoms with E-state index in [4.69, 9.17) is 10.2 Å². The fourth-order valence-electron chi connectivity index (χ4n) is 1.37. The van der Waals surface area contributed by atoms with E-state index in [9.17, 15) is 59.4 Å². The third-order valence-electron chi connectivity index (χ3n) is 2.51. The van der Waals surface area contributed by atoms with Gasteiger partial charge in [-0.2, -0.15) is 0 Å². The van der Waals surface area contributed by atoms with Crippen molar-refractivity contribution in [3.8, 4) is 0 Å². The Morgan fingerprint density at radius 1 is 0.469 bits per heavy atom. The number of rotatable bonds is 10. The van der Waals surface area contributed by atoms with E-state index in [0.29, 0.717) is 0 Å². The standard InChI is InChI=1S/2C6H8O7.3Ca.3Na.3H/c2*7-3(8)1-6(13,5(11)12)2-4(9)10;;;;;;;;;/h2*13H,1-2H2,(H,7,8)(H,9,10)(H,11,12);;;;;;;;;/q;;3*+2;;;;;;/p-6. The third-order valence-corrected chi connectivity index (χ3v) is 2.51. The van der Waals surface area contributed by atoms with E-state index in [1.54, 1.807) is 0 Å². The van der Waals surface area contributed by atoms with Gasteiger partial charge < -0.3 is 69.6 Å². The fourth-order valence-corrected chi connectivity index (χ4v) is 1.37. The SMILES string of the molecule is O=C([O-])CC(O)(CC(=O)[O-])C(=O)[O-].O=C([O-])CC(O)(CC(=O)[O-])C(=O)[O-].[Ca+2].[Ca+2].[Ca+2].[NaH].[NaH].[NaH]. The summed E-state index contributed by atoms with van der Waals surface area (Å²) >= 11 is 0. The first-order chi connectivity index (χ1) is 11.6. The Labute approximate surface area is 337 Å². The normalized spacial score (nSPS) is 8.81. The van der Waals surface area contributed by atoms with E-state index < -0.39 is 72.7 Å². The van der Waals surface area contributed by atoms with Gasteiger partial charge >= 0.3 is 202 Å². The van der Waals surface area contributed by atoms with Gasteiger partial charge in [-0.3, -0.25) is 0 Å². The zero-order chi connectivity index (χ0) is 21.3. The molecule has 0 aromatic heterocycles. The molecule has 0 unspecified atom stereocenters. The fraction of sp³-hybridized carbons (Fsp3) is 0.500. The monoisotopic (exact) mass is 570 g/mol. The summed E-state index contributed by atoms with van der Waals surface area (Å²) in [5.74, 6) is -12.0. The molecule has 32 heavy (non-hydrogen) atoms. The summed E-state index contributed by atoms with van der Waals surface area (Å²) in [6.45, 7) is 0. The van der Waals surface area contributed by atoms with Crippen LogP contribution < -0.4 is 30.6 Å². The molecule has 0 saturated carbocycles. The summed E-state index contributed by atoms with van der Waals surface area (Å²) in [5.41, 5.74) is -5.95. The van der Waals surface area contributed by atoms with Gasteiger partial charge in [-0.1, -0.05) is 0 Å². The molecule has 0 fully saturated rings. The molecule has 14 nitrogen and oxygen atoms in total. The van der Waals surface area contributed by atoms with Crippen LogP contribution in [0.2, 0.25) is 0 Å². The summed E-state index contributed by atoms with van der Waals surface area (Å²) in [4.78, 5) is 60.0. The van der Waals surface area contributed by atoms with Gasteiger partial charge in [-0.05, 0) is 0 Å². The van der Waals surface area contributed by atoms with Crippen molar-refractivity contribution in [2.45, 2.75) is 36.9 Å². The average molecular weight is 570 g/mol. The number of hydrogen-bond donors (Lipinski definition) is 2. The molecule has 0 aliphatic rings.